The van der Waals surface area contributed by atoms with Gasteiger partial charge >= 0.3 is 5.69 Å². The minimum atomic E-state index is -0.747. The molecule has 4 rings (SSSR count). The topological polar surface area (TPSA) is 159 Å². The van der Waals surface area contributed by atoms with Crippen LogP contribution in [0, 0.1) is 21.4 Å². The van der Waals surface area contributed by atoms with E-state index in [1.54, 1.807) is 36.4 Å². The van der Waals surface area contributed by atoms with Gasteiger partial charge in [-0.05, 0) is 18.2 Å². The molecule has 0 bridgehead atoms. The molecule has 0 saturated heterocycles. The molecule has 0 unspecified atom stereocenters. The summed E-state index contributed by atoms with van der Waals surface area (Å²) >= 11 is 0. The van der Waals surface area contributed by atoms with Gasteiger partial charge in [0.05, 0.1) is 22.2 Å². The predicted molar refractivity (Wildman–Crippen MR) is 105 cm³/mol. The van der Waals surface area contributed by atoms with Crippen molar-refractivity contribution in [1.29, 1.82) is 5.26 Å². The van der Waals surface area contributed by atoms with Gasteiger partial charge in [0.25, 0.3) is 5.69 Å². The van der Waals surface area contributed by atoms with Gasteiger partial charge in [0.15, 0.2) is 17.2 Å². The molecule has 0 radical (unpaired) electrons. The van der Waals surface area contributed by atoms with E-state index >= 15 is 0 Å². The van der Waals surface area contributed by atoms with Gasteiger partial charge in [-0.25, -0.2) is 14.4 Å². The molecule has 11 heteroatoms. The number of nitro groups is 1. The third-order valence-corrected chi connectivity index (χ3v) is 4.28. The Morgan fingerprint density at radius 3 is 2.63 bits per heavy atom. The maximum Gasteiger partial charge on any atom is 0.355 e. The average Bonchev–Trinajstić information content (AvgIpc) is 3.20. The van der Waals surface area contributed by atoms with Crippen molar-refractivity contribution in [3.05, 3.63) is 74.3 Å². The van der Waals surface area contributed by atoms with Gasteiger partial charge in [-0.2, -0.15) is 10.2 Å². The number of nitriles is 1. The van der Waals surface area contributed by atoms with Crippen LogP contribution in [0.4, 0.5) is 17.2 Å². The molecule has 3 aromatic rings. The van der Waals surface area contributed by atoms with Gasteiger partial charge in [-0.15, -0.1) is 0 Å². The lowest BCUT2D eigenvalue weighted by molar-refractivity contribution is -0.385. The van der Waals surface area contributed by atoms with Crippen LogP contribution in [0.2, 0.25) is 0 Å². The second kappa shape index (κ2) is 7.36. The van der Waals surface area contributed by atoms with Crippen LogP contribution >= 0.6 is 0 Å². The second-order valence-corrected chi connectivity index (χ2v) is 6.04. The Morgan fingerprint density at radius 2 is 1.97 bits per heavy atom. The van der Waals surface area contributed by atoms with E-state index in [9.17, 15) is 20.2 Å². The largest absolute Gasteiger partial charge is 0.454 e. The van der Waals surface area contributed by atoms with Gasteiger partial charge in [0.2, 0.25) is 6.79 Å². The molecule has 11 nitrogen and oxygen atoms in total. The minimum absolute atomic E-state index is 0.0510. The molecule has 0 fully saturated rings. The zero-order chi connectivity index (χ0) is 21.3. The van der Waals surface area contributed by atoms with E-state index in [1.165, 1.54) is 12.1 Å². The molecule has 0 spiro atoms. The Labute approximate surface area is 168 Å². The molecule has 30 heavy (non-hydrogen) atoms. The zero-order valence-electron chi connectivity index (χ0n) is 15.2. The number of nitro benzene ring substituents is 1. The molecule has 0 atom stereocenters. The van der Waals surface area contributed by atoms with Crippen molar-refractivity contribution in [3.63, 3.8) is 0 Å². The fraction of sp³-hybridized carbons (Fsp3) is 0.0526. The quantitative estimate of drug-likeness (QED) is 0.393. The number of aliphatic imine (C=N–C) groups is 1. The molecule has 2 heterocycles. The SMILES string of the molecule is N#Cc1nc(=O)n(-c2ccccc2)c(N)c1N=Cc1cc2c(cc1[N+](=O)[O-])OCO2. The van der Waals surface area contributed by atoms with Crippen LogP contribution in [-0.4, -0.2) is 27.5 Å². The Kier molecular flexibility index (Phi) is 4.57. The zero-order valence-corrected chi connectivity index (χ0v) is 15.2. The summed E-state index contributed by atoms with van der Waals surface area (Å²) in [5, 5.41) is 20.8. The second-order valence-electron chi connectivity index (χ2n) is 6.04. The van der Waals surface area contributed by atoms with Gasteiger partial charge < -0.3 is 15.2 Å². The van der Waals surface area contributed by atoms with E-state index in [-0.39, 0.29) is 41.0 Å². The number of hydrogen-bond acceptors (Lipinski definition) is 9. The normalized spacial score (nSPS) is 12.1. The number of fused-ring (bicyclic) bond motifs is 1. The number of para-hydroxylation sites is 1. The van der Waals surface area contributed by atoms with Crippen LogP contribution in [0.5, 0.6) is 11.5 Å². The highest BCUT2D eigenvalue weighted by Crippen LogP contribution is 2.37. The molecular formula is C19H12N6O5. The predicted octanol–water partition coefficient (Wildman–Crippen LogP) is 2.07. The van der Waals surface area contributed by atoms with E-state index in [0.717, 1.165) is 10.8 Å². The standard InChI is InChI=1S/C19H12N6O5/c20-8-13-17(18(21)24(19(26)23-13)12-4-2-1-3-5-12)22-9-11-6-15-16(30-10-29-15)7-14(11)25(27)28/h1-7,9H,10,21H2. The summed E-state index contributed by atoms with van der Waals surface area (Å²) < 4.78 is 11.5. The Balaban J connectivity index is 1.86. The van der Waals surface area contributed by atoms with E-state index in [1.807, 2.05) is 0 Å². The monoisotopic (exact) mass is 404 g/mol. The lowest BCUT2D eigenvalue weighted by Crippen LogP contribution is -2.25. The molecule has 0 saturated carbocycles. The molecule has 1 aromatic heterocycles. The Hall–Kier alpha value is -4.72. The molecular weight excluding hydrogens is 392 g/mol. The first-order valence-corrected chi connectivity index (χ1v) is 8.49. The number of nitrogen functional groups attached to an aromatic ring is 1. The van der Waals surface area contributed by atoms with Gasteiger partial charge in [0, 0.05) is 6.21 Å². The van der Waals surface area contributed by atoms with Crippen LogP contribution in [0.1, 0.15) is 11.3 Å². The number of aromatic nitrogens is 2. The van der Waals surface area contributed by atoms with Crippen molar-refractivity contribution in [2.24, 2.45) is 4.99 Å². The molecule has 0 amide bonds. The number of nitrogens with two attached hydrogens (primary N) is 1. The van der Waals surface area contributed by atoms with Gasteiger partial charge in [-0.1, -0.05) is 18.2 Å². The van der Waals surface area contributed by atoms with Crippen molar-refractivity contribution < 1.29 is 14.4 Å². The number of rotatable bonds is 4. The smallest absolute Gasteiger partial charge is 0.355 e. The van der Waals surface area contributed by atoms with Crippen molar-refractivity contribution >= 4 is 23.4 Å². The highest BCUT2D eigenvalue weighted by molar-refractivity contribution is 5.90. The van der Waals surface area contributed by atoms with Crippen LogP contribution in [0.25, 0.3) is 5.69 Å². The van der Waals surface area contributed by atoms with E-state index < -0.39 is 10.6 Å². The molecule has 1 aliphatic rings. The Morgan fingerprint density at radius 1 is 1.27 bits per heavy atom. The number of benzene rings is 2. The van der Waals surface area contributed by atoms with Crippen molar-refractivity contribution in [2.75, 3.05) is 12.5 Å². The van der Waals surface area contributed by atoms with Crippen LogP contribution in [-0.2, 0) is 0 Å². The summed E-state index contributed by atoms with van der Waals surface area (Å²) in [7, 11) is 0. The molecule has 2 N–H and O–H groups in total. The summed E-state index contributed by atoms with van der Waals surface area (Å²) in [6.07, 6.45) is 1.16. The lowest BCUT2D eigenvalue weighted by atomic mass is 10.1. The summed E-state index contributed by atoms with van der Waals surface area (Å²) in [4.78, 5) is 31.1. The summed E-state index contributed by atoms with van der Waals surface area (Å²) in [5.41, 5.74) is 5.25. The van der Waals surface area contributed by atoms with Crippen LogP contribution in [0.3, 0.4) is 0 Å². The van der Waals surface area contributed by atoms with Gasteiger partial charge in [-0.3, -0.25) is 10.1 Å². The number of anilines is 1. The van der Waals surface area contributed by atoms with Crippen molar-refractivity contribution in [2.45, 2.75) is 0 Å². The average molecular weight is 404 g/mol. The van der Waals surface area contributed by atoms with Gasteiger partial charge in [0.1, 0.15) is 17.6 Å². The maximum absolute atomic E-state index is 12.4. The summed E-state index contributed by atoms with van der Waals surface area (Å²) in [5.74, 6) is 0.440. The third kappa shape index (κ3) is 3.18. The fourth-order valence-corrected chi connectivity index (χ4v) is 2.90. The fourth-order valence-electron chi connectivity index (χ4n) is 2.90. The molecule has 2 aromatic carbocycles. The first kappa shape index (κ1) is 18.6. The number of ether oxygens (including phenoxy) is 2. The molecule has 1 aliphatic heterocycles. The highest BCUT2D eigenvalue weighted by atomic mass is 16.7. The highest BCUT2D eigenvalue weighted by Gasteiger charge is 2.23. The number of hydrogen-bond donors (Lipinski definition) is 1. The molecule has 148 valence electrons. The van der Waals surface area contributed by atoms with Crippen LogP contribution in [0.15, 0.2) is 52.3 Å². The van der Waals surface area contributed by atoms with Crippen molar-refractivity contribution in [3.8, 4) is 23.3 Å². The Bertz CT molecular complexity index is 1290. The van der Waals surface area contributed by atoms with Crippen LogP contribution < -0.4 is 20.9 Å². The lowest BCUT2D eigenvalue weighted by Gasteiger charge is -2.11. The van der Waals surface area contributed by atoms with Crippen molar-refractivity contribution in [1.82, 2.24) is 9.55 Å². The first-order valence-electron chi connectivity index (χ1n) is 8.49. The minimum Gasteiger partial charge on any atom is -0.454 e. The first-order chi connectivity index (χ1) is 14.5. The summed E-state index contributed by atoms with van der Waals surface area (Å²) in [6, 6.07) is 12.9. The summed E-state index contributed by atoms with van der Waals surface area (Å²) in [6.45, 7) is -0.0510. The third-order valence-electron chi connectivity index (χ3n) is 4.28. The number of nitrogens with zero attached hydrogens (tertiary/aromatic N) is 5. The van der Waals surface area contributed by atoms with E-state index in [2.05, 4.69) is 9.98 Å². The molecule has 0 aliphatic carbocycles. The van der Waals surface area contributed by atoms with E-state index in [4.69, 9.17) is 15.2 Å². The maximum atomic E-state index is 12.4. The van der Waals surface area contributed by atoms with E-state index in [0.29, 0.717) is 11.4 Å².